The van der Waals surface area contributed by atoms with Gasteiger partial charge in [0, 0.05) is 31.1 Å². The van der Waals surface area contributed by atoms with E-state index < -0.39 is 11.7 Å². The van der Waals surface area contributed by atoms with Gasteiger partial charge in [0.1, 0.15) is 5.75 Å². The molecule has 3 rings (SSSR count). The fraction of sp³-hybridized carbons (Fsp3) is 0.364. The Morgan fingerprint density at radius 2 is 1.97 bits per heavy atom. The van der Waals surface area contributed by atoms with Crippen molar-refractivity contribution in [3.63, 3.8) is 0 Å². The van der Waals surface area contributed by atoms with Gasteiger partial charge in [0.05, 0.1) is 19.2 Å². The molecule has 0 radical (unpaired) electrons. The third-order valence-corrected chi connectivity index (χ3v) is 5.00. The summed E-state index contributed by atoms with van der Waals surface area (Å²) >= 11 is 0. The van der Waals surface area contributed by atoms with Crippen molar-refractivity contribution in [1.29, 1.82) is 0 Å². The van der Waals surface area contributed by atoms with Crippen LogP contribution in [0.25, 0.3) is 0 Å². The second-order valence-electron chi connectivity index (χ2n) is 7.13. The Bertz CT molecular complexity index is 966. The molecule has 174 valence electrons. The maximum atomic E-state index is 13.4. The summed E-state index contributed by atoms with van der Waals surface area (Å²) in [5.74, 6) is 0.384. The van der Waals surface area contributed by atoms with Crippen LogP contribution < -0.4 is 20.7 Å². The SMILES string of the molecule is CCNC(=NCc1ccc(OC)cc1C(F)(F)F)NCC1CC(=O)Nc2ccccc21.I. The standard InChI is InChI=1S/C22H25F3N4O2.HI/c1-3-26-21(27-12-14-8-9-16(31-2)11-18(14)22(23,24)25)28-13-15-10-20(30)29-19-7-5-4-6-17(15)19;/h4-9,11,15H,3,10,12-13H2,1-2H3,(H,29,30)(H2,26,27,28);1H. The van der Waals surface area contributed by atoms with Crippen LogP contribution in [0.5, 0.6) is 5.75 Å². The third-order valence-electron chi connectivity index (χ3n) is 5.00. The number of aliphatic imine (C=N–C) groups is 1. The minimum absolute atomic E-state index is 0. The number of fused-ring (bicyclic) bond motifs is 1. The zero-order chi connectivity index (χ0) is 22.4. The number of hydrogen-bond donors (Lipinski definition) is 3. The van der Waals surface area contributed by atoms with Crippen molar-refractivity contribution in [2.24, 2.45) is 4.99 Å². The predicted octanol–water partition coefficient (Wildman–Crippen LogP) is 4.51. The molecule has 3 N–H and O–H groups in total. The number of para-hydroxylation sites is 1. The van der Waals surface area contributed by atoms with Crippen molar-refractivity contribution in [3.05, 3.63) is 59.2 Å². The van der Waals surface area contributed by atoms with Crippen LogP contribution in [0.4, 0.5) is 18.9 Å². The van der Waals surface area contributed by atoms with Crippen molar-refractivity contribution < 1.29 is 22.7 Å². The summed E-state index contributed by atoms with van der Waals surface area (Å²) in [4.78, 5) is 16.3. The Balaban J connectivity index is 0.00000363. The molecule has 1 aliphatic heterocycles. The lowest BCUT2D eigenvalue weighted by Crippen LogP contribution is -2.40. The van der Waals surface area contributed by atoms with E-state index in [0.717, 1.165) is 17.3 Å². The van der Waals surface area contributed by atoms with E-state index in [0.29, 0.717) is 25.5 Å². The first-order chi connectivity index (χ1) is 14.8. The lowest BCUT2D eigenvalue weighted by molar-refractivity contribution is -0.138. The van der Waals surface area contributed by atoms with Crippen molar-refractivity contribution in [2.75, 3.05) is 25.5 Å². The van der Waals surface area contributed by atoms with E-state index in [1.807, 2.05) is 31.2 Å². The number of nitrogens with one attached hydrogen (secondary N) is 3. The fourth-order valence-corrected chi connectivity index (χ4v) is 3.49. The van der Waals surface area contributed by atoms with Crippen LogP contribution in [0.2, 0.25) is 0 Å². The number of alkyl halides is 3. The Morgan fingerprint density at radius 3 is 2.66 bits per heavy atom. The number of nitrogens with zero attached hydrogens (tertiary/aromatic N) is 1. The van der Waals surface area contributed by atoms with Gasteiger partial charge in [-0.05, 0) is 36.2 Å². The molecule has 0 saturated heterocycles. The van der Waals surface area contributed by atoms with Gasteiger partial charge in [-0.3, -0.25) is 4.79 Å². The number of halogens is 4. The molecule has 1 unspecified atom stereocenters. The van der Waals surface area contributed by atoms with Crippen molar-refractivity contribution in [2.45, 2.75) is 32.0 Å². The Labute approximate surface area is 202 Å². The minimum atomic E-state index is -4.51. The Hall–Kier alpha value is -2.50. The van der Waals surface area contributed by atoms with E-state index in [4.69, 9.17) is 4.74 Å². The van der Waals surface area contributed by atoms with E-state index in [1.165, 1.54) is 19.2 Å². The Kier molecular flexibility index (Phi) is 9.17. The van der Waals surface area contributed by atoms with Crippen LogP contribution >= 0.6 is 24.0 Å². The number of methoxy groups -OCH3 is 1. The maximum absolute atomic E-state index is 13.4. The zero-order valence-corrected chi connectivity index (χ0v) is 20.1. The summed E-state index contributed by atoms with van der Waals surface area (Å²) in [5.41, 5.74) is 1.07. The highest BCUT2D eigenvalue weighted by atomic mass is 127. The van der Waals surface area contributed by atoms with Gasteiger partial charge in [-0.1, -0.05) is 24.3 Å². The van der Waals surface area contributed by atoms with Gasteiger partial charge < -0.3 is 20.7 Å². The minimum Gasteiger partial charge on any atom is -0.497 e. The van der Waals surface area contributed by atoms with Crippen LogP contribution in [0, 0.1) is 0 Å². The van der Waals surface area contributed by atoms with Gasteiger partial charge in [-0.15, -0.1) is 24.0 Å². The highest BCUT2D eigenvalue weighted by molar-refractivity contribution is 14.0. The molecule has 0 saturated carbocycles. The summed E-state index contributed by atoms with van der Waals surface area (Å²) in [7, 11) is 1.32. The lowest BCUT2D eigenvalue weighted by Gasteiger charge is -2.26. The molecule has 0 fully saturated rings. The highest BCUT2D eigenvalue weighted by Crippen LogP contribution is 2.35. The van der Waals surface area contributed by atoms with Gasteiger partial charge >= 0.3 is 6.18 Å². The molecule has 10 heteroatoms. The first kappa shape index (κ1) is 25.8. The van der Waals surface area contributed by atoms with Crippen LogP contribution in [0.1, 0.15) is 36.0 Å². The smallest absolute Gasteiger partial charge is 0.416 e. The Morgan fingerprint density at radius 1 is 1.22 bits per heavy atom. The van der Waals surface area contributed by atoms with Gasteiger partial charge in [0.2, 0.25) is 5.91 Å². The molecular weight excluding hydrogens is 536 g/mol. The molecule has 2 aromatic rings. The van der Waals surface area contributed by atoms with Crippen molar-refractivity contribution >= 4 is 41.5 Å². The number of ether oxygens (including phenoxy) is 1. The summed E-state index contributed by atoms with van der Waals surface area (Å²) in [5, 5.41) is 9.05. The number of hydrogen-bond acceptors (Lipinski definition) is 3. The summed E-state index contributed by atoms with van der Waals surface area (Å²) in [6.45, 7) is 2.68. The quantitative estimate of drug-likeness (QED) is 0.275. The number of carbonyl (C=O) groups is 1. The fourth-order valence-electron chi connectivity index (χ4n) is 3.49. The number of guanidine groups is 1. The molecular formula is C22H26F3IN4O2. The van der Waals surface area contributed by atoms with E-state index in [9.17, 15) is 18.0 Å². The van der Waals surface area contributed by atoms with E-state index in [-0.39, 0.29) is 53.7 Å². The van der Waals surface area contributed by atoms with Crippen molar-refractivity contribution in [1.82, 2.24) is 10.6 Å². The molecule has 0 spiro atoms. The van der Waals surface area contributed by atoms with Gasteiger partial charge in [0.15, 0.2) is 5.96 Å². The topological polar surface area (TPSA) is 74.8 Å². The lowest BCUT2D eigenvalue weighted by atomic mass is 9.90. The maximum Gasteiger partial charge on any atom is 0.416 e. The normalized spacial score (nSPS) is 15.8. The third kappa shape index (κ3) is 6.50. The molecule has 6 nitrogen and oxygen atoms in total. The van der Waals surface area contributed by atoms with E-state index in [2.05, 4.69) is 20.9 Å². The summed E-state index contributed by atoms with van der Waals surface area (Å²) in [6, 6.07) is 11.4. The van der Waals surface area contributed by atoms with Gasteiger partial charge in [-0.2, -0.15) is 13.2 Å². The average molecular weight is 562 g/mol. The van der Waals surface area contributed by atoms with Crippen LogP contribution in [0.3, 0.4) is 0 Å². The first-order valence-corrected chi connectivity index (χ1v) is 9.97. The molecule has 32 heavy (non-hydrogen) atoms. The molecule has 0 bridgehead atoms. The molecule has 2 aromatic carbocycles. The van der Waals surface area contributed by atoms with Crippen LogP contribution in [0.15, 0.2) is 47.5 Å². The predicted molar refractivity (Wildman–Crippen MR) is 129 cm³/mol. The zero-order valence-electron chi connectivity index (χ0n) is 17.8. The van der Waals surface area contributed by atoms with Crippen molar-refractivity contribution in [3.8, 4) is 5.75 Å². The second-order valence-corrected chi connectivity index (χ2v) is 7.13. The summed E-state index contributed by atoms with van der Waals surface area (Å²) in [6.07, 6.45) is -4.19. The number of carbonyl (C=O) groups excluding carboxylic acids is 1. The monoisotopic (exact) mass is 562 g/mol. The molecule has 1 aliphatic rings. The molecule has 0 aromatic heterocycles. The largest absolute Gasteiger partial charge is 0.497 e. The molecule has 1 heterocycles. The second kappa shape index (κ2) is 11.4. The number of benzene rings is 2. The number of anilines is 1. The summed E-state index contributed by atoms with van der Waals surface area (Å²) < 4.78 is 45.2. The van der Waals surface area contributed by atoms with Crippen LogP contribution in [-0.4, -0.2) is 32.1 Å². The average Bonchev–Trinajstić information content (AvgIpc) is 2.74. The van der Waals surface area contributed by atoms with Crippen LogP contribution in [-0.2, 0) is 17.5 Å². The van der Waals surface area contributed by atoms with E-state index >= 15 is 0 Å². The van der Waals surface area contributed by atoms with Gasteiger partial charge in [0.25, 0.3) is 0 Å². The number of amides is 1. The van der Waals surface area contributed by atoms with Gasteiger partial charge in [-0.25, -0.2) is 4.99 Å². The number of rotatable bonds is 6. The molecule has 1 atom stereocenters. The molecule has 0 aliphatic carbocycles. The first-order valence-electron chi connectivity index (χ1n) is 9.97. The highest BCUT2D eigenvalue weighted by Gasteiger charge is 2.33. The van der Waals surface area contributed by atoms with E-state index in [1.54, 1.807) is 0 Å². The molecule has 1 amide bonds.